The van der Waals surface area contributed by atoms with Gasteiger partial charge in [0.15, 0.2) is 0 Å². The van der Waals surface area contributed by atoms with E-state index >= 15 is 0 Å². The van der Waals surface area contributed by atoms with Crippen LogP contribution in [0, 0.1) is 0 Å². The first-order valence-electron chi connectivity index (χ1n) is 16.3. The highest BCUT2D eigenvalue weighted by molar-refractivity contribution is 5.80. The number of ether oxygens (including phenoxy) is 1. The molecule has 0 aromatic heterocycles. The molecule has 1 amide bonds. The number of aliphatic carboxylic acids is 1. The van der Waals surface area contributed by atoms with E-state index in [2.05, 4.69) is 31.3 Å². The Labute approximate surface area is 240 Å². The van der Waals surface area contributed by atoms with Gasteiger partial charge >= 0.3 is 11.9 Å². The summed E-state index contributed by atoms with van der Waals surface area (Å²) in [5, 5.41) is 11.0. The van der Waals surface area contributed by atoms with Crippen molar-refractivity contribution in [3.8, 4) is 0 Å². The maximum Gasteiger partial charge on any atom is 0.322 e. The van der Waals surface area contributed by atoms with E-state index in [1.165, 1.54) is 89.9 Å². The lowest BCUT2D eigenvalue weighted by Gasteiger charge is -2.15. The molecule has 0 aromatic rings. The van der Waals surface area contributed by atoms with Crippen molar-refractivity contribution in [2.24, 2.45) is 0 Å². The molecule has 2 N–H and O–H groups in total. The molecule has 0 aliphatic rings. The molecule has 0 saturated heterocycles. The first-order valence-corrected chi connectivity index (χ1v) is 16.3. The van der Waals surface area contributed by atoms with E-state index in [1.54, 1.807) is 0 Å². The van der Waals surface area contributed by atoms with Crippen LogP contribution < -0.4 is 5.32 Å². The van der Waals surface area contributed by atoms with Crippen molar-refractivity contribution in [1.29, 1.82) is 0 Å². The van der Waals surface area contributed by atoms with Crippen LogP contribution in [0.4, 0.5) is 0 Å². The Bertz CT molecular complexity index is 619. The van der Waals surface area contributed by atoms with Gasteiger partial charge in [-0.1, -0.05) is 123 Å². The predicted octanol–water partition coefficient (Wildman–Crippen LogP) is 9.06. The van der Waals surface area contributed by atoms with Crippen LogP contribution in [-0.2, 0) is 19.1 Å². The van der Waals surface area contributed by atoms with Gasteiger partial charge < -0.3 is 15.2 Å². The van der Waals surface area contributed by atoms with E-state index < -0.39 is 5.97 Å². The van der Waals surface area contributed by atoms with Gasteiger partial charge in [-0.2, -0.15) is 0 Å². The second kappa shape index (κ2) is 29.1. The lowest BCUT2D eigenvalue weighted by Crippen LogP contribution is -2.28. The minimum Gasteiger partial charge on any atom is -0.480 e. The van der Waals surface area contributed by atoms with Crippen molar-refractivity contribution in [1.82, 2.24) is 5.32 Å². The number of hydrogen-bond donors (Lipinski definition) is 2. The Morgan fingerprint density at radius 3 is 1.72 bits per heavy atom. The quantitative estimate of drug-likeness (QED) is 0.0549. The average Bonchev–Trinajstić information content (AvgIpc) is 2.91. The highest BCUT2D eigenvalue weighted by Crippen LogP contribution is 2.15. The van der Waals surface area contributed by atoms with E-state index in [0.717, 1.165) is 51.4 Å². The van der Waals surface area contributed by atoms with E-state index in [-0.39, 0.29) is 24.5 Å². The Kier molecular flexibility index (Phi) is 27.8. The zero-order valence-electron chi connectivity index (χ0n) is 25.5. The minimum atomic E-state index is -1.03. The van der Waals surface area contributed by atoms with Gasteiger partial charge in [-0.15, -0.1) is 0 Å². The molecule has 0 aromatic carbocycles. The number of rotatable bonds is 29. The van der Waals surface area contributed by atoms with Crippen LogP contribution in [0.15, 0.2) is 12.2 Å². The summed E-state index contributed by atoms with van der Waals surface area (Å²) in [6.45, 7) is 4.16. The summed E-state index contributed by atoms with van der Waals surface area (Å²) in [5.41, 5.74) is 0. The maximum atomic E-state index is 12.5. The summed E-state index contributed by atoms with van der Waals surface area (Å²) >= 11 is 0. The molecule has 228 valence electrons. The third kappa shape index (κ3) is 29.0. The van der Waals surface area contributed by atoms with Gasteiger partial charge in [0.05, 0.1) is 0 Å². The molecule has 0 aliphatic carbocycles. The summed E-state index contributed by atoms with van der Waals surface area (Å²) in [6, 6.07) is 0. The SMILES string of the molecule is CCCCCCCCC/C=C\C(CCCCCCC(=O)NCC(=O)O)OC(=O)CCCCCCCCCCC. The molecular weight excluding hydrogens is 490 g/mol. The lowest BCUT2D eigenvalue weighted by molar-refractivity contribution is -0.147. The number of carboxylic acid groups (broad SMARTS) is 1. The van der Waals surface area contributed by atoms with Crippen molar-refractivity contribution in [2.75, 3.05) is 6.54 Å². The zero-order chi connectivity index (χ0) is 28.8. The van der Waals surface area contributed by atoms with E-state index in [4.69, 9.17) is 9.84 Å². The molecule has 0 saturated carbocycles. The van der Waals surface area contributed by atoms with Gasteiger partial charge in [0.1, 0.15) is 12.6 Å². The number of carboxylic acids is 1. The molecule has 1 atom stereocenters. The van der Waals surface area contributed by atoms with Crippen molar-refractivity contribution in [3.05, 3.63) is 12.2 Å². The maximum absolute atomic E-state index is 12.5. The summed E-state index contributed by atoms with van der Waals surface area (Å²) < 4.78 is 5.85. The molecular formula is C33H61NO5. The summed E-state index contributed by atoms with van der Waals surface area (Å²) in [6.07, 6.45) is 30.5. The third-order valence-corrected chi connectivity index (χ3v) is 7.17. The molecule has 0 spiro atoms. The number of amides is 1. The fourth-order valence-corrected chi connectivity index (χ4v) is 4.72. The molecule has 6 nitrogen and oxygen atoms in total. The predicted molar refractivity (Wildman–Crippen MR) is 162 cm³/mol. The van der Waals surface area contributed by atoms with Crippen LogP contribution >= 0.6 is 0 Å². The monoisotopic (exact) mass is 551 g/mol. The largest absolute Gasteiger partial charge is 0.480 e. The number of allylic oxidation sites excluding steroid dienone is 1. The molecule has 1 unspecified atom stereocenters. The molecule has 0 heterocycles. The van der Waals surface area contributed by atoms with Gasteiger partial charge in [0.2, 0.25) is 5.91 Å². The Hall–Kier alpha value is -1.85. The van der Waals surface area contributed by atoms with Crippen LogP contribution in [0.3, 0.4) is 0 Å². The molecule has 0 bridgehead atoms. The standard InChI is InChI=1S/C33H61NO5/c1-3-5-7-9-11-13-15-17-21-25-30(26-22-19-20-23-27-31(35)34-29-32(36)37)39-33(38)28-24-18-16-14-12-10-8-6-4-2/h21,25,30H,3-20,22-24,26-29H2,1-2H3,(H,34,35)(H,36,37)/b25-21-. The normalized spacial score (nSPS) is 12.1. The summed E-state index contributed by atoms with van der Waals surface area (Å²) in [4.78, 5) is 34.6. The summed E-state index contributed by atoms with van der Waals surface area (Å²) in [5.74, 6) is -1.32. The number of hydrogen-bond acceptors (Lipinski definition) is 4. The zero-order valence-corrected chi connectivity index (χ0v) is 25.5. The van der Waals surface area contributed by atoms with E-state index in [9.17, 15) is 14.4 Å². The smallest absolute Gasteiger partial charge is 0.322 e. The van der Waals surface area contributed by atoms with Crippen LogP contribution in [0.5, 0.6) is 0 Å². The fraction of sp³-hybridized carbons (Fsp3) is 0.848. The first-order chi connectivity index (χ1) is 19.0. The van der Waals surface area contributed by atoms with Gasteiger partial charge in [-0.3, -0.25) is 14.4 Å². The molecule has 0 radical (unpaired) electrons. The second-order valence-electron chi connectivity index (χ2n) is 11.1. The third-order valence-electron chi connectivity index (χ3n) is 7.17. The topological polar surface area (TPSA) is 92.7 Å². The van der Waals surface area contributed by atoms with Crippen molar-refractivity contribution < 1.29 is 24.2 Å². The second-order valence-corrected chi connectivity index (χ2v) is 11.1. The molecule has 0 aliphatic heterocycles. The van der Waals surface area contributed by atoms with Crippen LogP contribution in [0.2, 0.25) is 0 Å². The number of carbonyl (C=O) groups is 3. The molecule has 0 fully saturated rings. The van der Waals surface area contributed by atoms with E-state index in [1.807, 2.05) is 0 Å². The fourth-order valence-electron chi connectivity index (χ4n) is 4.72. The number of carbonyl (C=O) groups excluding carboxylic acids is 2. The highest BCUT2D eigenvalue weighted by Gasteiger charge is 2.12. The van der Waals surface area contributed by atoms with Crippen LogP contribution in [-0.4, -0.2) is 35.6 Å². The lowest BCUT2D eigenvalue weighted by atomic mass is 10.1. The Morgan fingerprint density at radius 2 is 1.15 bits per heavy atom. The number of unbranched alkanes of at least 4 members (excludes halogenated alkanes) is 18. The van der Waals surface area contributed by atoms with Crippen molar-refractivity contribution in [2.45, 2.75) is 174 Å². The van der Waals surface area contributed by atoms with Crippen LogP contribution in [0.1, 0.15) is 168 Å². The van der Waals surface area contributed by atoms with Gasteiger partial charge in [0.25, 0.3) is 0 Å². The summed E-state index contributed by atoms with van der Waals surface area (Å²) in [7, 11) is 0. The van der Waals surface area contributed by atoms with E-state index in [0.29, 0.717) is 12.8 Å². The molecule has 0 rings (SSSR count). The molecule has 39 heavy (non-hydrogen) atoms. The highest BCUT2D eigenvalue weighted by atomic mass is 16.5. The van der Waals surface area contributed by atoms with Crippen molar-refractivity contribution >= 4 is 17.8 Å². The average molecular weight is 552 g/mol. The van der Waals surface area contributed by atoms with Gasteiger partial charge in [-0.05, 0) is 44.6 Å². The van der Waals surface area contributed by atoms with Crippen LogP contribution in [0.25, 0.3) is 0 Å². The van der Waals surface area contributed by atoms with Gasteiger partial charge in [0, 0.05) is 12.8 Å². The Morgan fingerprint density at radius 1 is 0.667 bits per heavy atom. The first kappa shape index (κ1) is 37.1. The molecule has 6 heteroatoms. The van der Waals surface area contributed by atoms with Gasteiger partial charge in [-0.25, -0.2) is 0 Å². The number of esters is 1. The minimum absolute atomic E-state index is 0.0846. The number of nitrogens with one attached hydrogen (secondary N) is 1. The Balaban J connectivity index is 4.24. The van der Waals surface area contributed by atoms with Crippen molar-refractivity contribution in [3.63, 3.8) is 0 Å².